The van der Waals surface area contributed by atoms with Crippen LogP contribution >= 0.6 is 0 Å². The fraction of sp³-hybridized carbons (Fsp3) is 0.423. The molecule has 2 aromatic heterocycles. The van der Waals surface area contributed by atoms with Crippen molar-refractivity contribution in [1.29, 1.82) is 0 Å². The summed E-state index contributed by atoms with van der Waals surface area (Å²) in [5.41, 5.74) is 14.1. The maximum absolute atomic E-state index is 13.1. The second-order valence-corrected chi connectivity index (χ2v) is 9.43. The maximum Gasteiger partial charge on any atom is 0.326 e. The predicted molar refractivity (Wildman–Crippen MR) is 144 cm³/mol. The highest BCUT2D eigenvalue weighted by molar-refractivity contribution is 5.94. The molecule has 13 nitrogen and oxygen atoms in total. The minimum Gasteiger partial charge on any atom is -0.480 e. The van der Waals surface area contributed by atoms with E-state index in [-0.39, 0.29) is 12.8 Å². The minimum atomic E-state index is -1.23. The number of aromatic nitrogens is 3. The molecule has 0 spiro atoms. The first-order valence-corrected chi connectivity index (χ1v) is 12.8. The zero-order valence-corrected chi connectivity index (χ0v) is 21.8. The molecule has 0 bridgehead atoms. The number of hydrogen-bond donors (Lipinski definition) is 8. The number of carboxylic acid groups (broad SMARTS) is 1. The van der Waals surface area contributed by atoms with E-state index in [1.54, 1.807) is 6.20 Å². The van der Waals surface area contributed by atoms with Crippen LogP contribution in [0.2, 0.25) is 0 Å². The smallest absolute Gasteiger partial charge is 0.326 e. The van der Waals surface area contributed by atoms with Gasteiger partial charge in [0.1, 0.15) is 18.1 Å². The highest BCUT2D eigenvalue weighted by Gasteiger charge is 2.28. The summed E-state index contributed by atoms with van der Waals surface area (Å²) in [6, 6.07) is 3.52. The van der Waals surface area contributed by atoms with E-state index in [0.29, 0.717) is 31.5 Å². The van der Waals surface area contributed by atoms with E-state index < -0.39 is 47.9 Å². The molecule has 0 radical (unpaired) electrons. The van der Waals surface area contributed by atoms with Gasteiger partial charge in [-0.05, 0) is 50.8 Å². The Labute approximate surface area is 225 Å². The molecule has 3 rings (SSSR count). The number of hydrogen-bond acceptors (Lipinski definition) is 7. The lowest BCUT2D eigenvalue weighted by molar-refractivity contribution is -0.142. The Morgan fingerprint density at radius 3 is 2.41 bits per heavy atom. The van der Waals surface area contributed by atoms with E-state index in [4.69, 9.17) is 11.5 Å². The minimum absolute atomic E-state index is 0.00612. The molecular formula is C26H36N8O5. The van der Waals surface area contributed by atoms with Crippen molar-refractivity contribution in [3.05, 3.63) is 54.2 Å². The Balaban J connectivity index is 1.60. The number of nitrogens with zero attached hydrogens (tertiary/aromatic N) is 1. The molecule has 10 N–H and O–H groups in total. The summed E-state index contributed by atoms with van der Waals surface area (Å²) in [6.07, 6.45) is 6.44. The number of carbonyl (C=O) groups is 4. The molecule has 3 amide bonds. The van der Waals surface area contributed by atoms with E-state index >= 15 is 0 Å². The Bertz CT molecular complexity index is 1260. The number of imidazole rings is 1. The van der Waals surface area contributed by atoms with Crippen molar-refractivity contribution in [3.8, 4) is 0 Å². The molecule has 1 aromatic carbocycles. The van der Waals surface area contributed by atoms with Crippen LogP contribution in [-0.2, 0) is 32.0 Å². The van der Waals surface area contributed by atoms with Crippen molar-refractivity contribution in [3.63, 3.8) is 0 Å². The second kappa shape index (κ2) is 14.1. The number of aliphatic carboxylic acids is 1. The lowest BCUT2D eigenvalue weighted by atomic mass is 10.0. The summed E-state index contributed by atoms with van der Waals surface area (Å²) in [5, 5.41) is 18.1. The van der Waals surface area contributed by atoms with Crippen LogP contribution < -0.4 is 27.4 Å². The van der Waals surface area contributed by atoms with Crippen molar-refractivity contribution >= 4 is 34.6 Å². The molecule has 210 valence electrons. The summed E-state index contributed by atoms with van der Waals surface area (Å²) in [7, 11) is 0. The SMILES string of the molecule is CC(NC(=O)C(CCCCN)NC(=O)C(N)Cc1c[nH]c2ccccc12)C(=O)NC(Cc1cnc[nH]1)C(=O)O. The predicted octanol–water partition coefficient (Wildman–Crippen LogP) is -0.309. The number of carboxylic acids is 1. The normalized spacial score (nSPS) is 14.2. The van der Waals surface area contributed by atoms with Crippen molar-refractivity contribution in [2.45, 2.75) is 63.2 Å². The third kappa shape index (κ3) is 8.38. The zero-order valence-electron chi connectivity index (χ0n) is 21.8. The number of para-hydroxylation sites is 1. The Hall–Kier alpha value is -4.23. The number of nitrogens with one attached hydrogen (secondary N) is 5. The standard InChI is InChI=1S/C26H36N8O5/c1-15(23(35)34-22(26(38)39)11-17-13-29-14-31-17)32-25(37)21(8-4-5-9-27)33-24(36)19(28)10-16-12-30-20-7-3-2-6-18(16)20/h2-3,6-7,12-15,19,21-22,30H,4-5,8-11,27-28H2,1H3,(H,29,31)(H,32,37)(H,33,36)(H,34,35)(H,38,39). The van der Waals surface area contributed by atoms with Gasteiger partial charge in [-0.2, -0.15) is 0 Å². The van der Waals surface area contributed by atoms with Gasteiger partial charge in [-0.1, -0.05) is 18.2 Å². The highest BCUT2D eigenvalue weighted by atomic mass is 16.4. The lowest BCUT2D eigenvalue weighted by Gasteiger charge is -2.23. The maximum atomic E-state index is 13.1. The molecule has 13 heteroatoms. The van der Waals surface area contributed by atoms with Crippen molar-refractivity contribution in [2.24, 2.45) is 11.5 Å². The van der Waals surface area contributed by atoms with Crippen molar-refractivity contribution in [1.82, 2.24) is 30.9 Å². The second-order valence-electron chi connectivity index (χ2n) is 9.43. The van der Waals surface area contributed by atoms with Crippen LogP contribution in [0, 0.1) is 0 Å². The van der Waals surface area contributed by atoms with Gasteiger partial charge < -0.3 is 42.5 Å². The number of H-pyrrole nitrogens is 2. The fourth-order valence-corrected chi connectivity index (χ4v) is 4.16. The van der Waals surface area contributed by atoms with Gasteiger partial charge in [0, 0.05) is 35.4 Å². The zero-order chi connectivity index (χ0) is 28.4. The molecule has 4 unspecified atom stereocenters. The van der Waals surface area contributed by atoms with Crippen molar-refractivity contribution < 1.29 is 24.3 Å². The molecule has 4 atom stereocenters. The molecule has 0 aliphatic carbocycles. The van der Waals surface area contributed by atoms with Crippen LogP contribution in [-0.4, -0.2) is 74.5 Å². The highest BCUT2D eigenvalue weighted by Crippen LogP contribution is 2.19. The molecule has 3 aromatic rings. The van der Waals surface area contributed by atoms with Gasteiger partial charge in [-0.15, -0.1) is 0 Å². The van der Waals surface area contributed by atoms with Gasteiger partial charge in [0.25, 0.3) is 0 Å². The van der Waals surface area contributed by atoms with Gasteiger partial charge in [0.15, 0.2) is 0 Å². The summed E-state index contributed by atoms with van der Waals surface area (Å²) >= 11 is 0. The summed E-state index contributed by atoms with van der Waals surface area (Å²) in [4.78, 5) is 60.1. The van der Waals surface area contributed by atoms with E-state index in [9.17, 15) is 24.3 Å². The number of carbonyl (C=O) groups excluding carboxylic acids is 3. The average molecular weight is 541 g/mol. The van der Waals surface area contributed by atoms with Crippen molar-refractivity contribution in [2.75, 3.05) is 6.54 Å². The number of benzene rings is 1. The van der Waals surface area contributed by atoms with Crippen LogP contribution in [0.4, 0.5) is 0 Å². The monoisotopic (exact) mass is 540 g/mol. The number of unbranched alkanes of at least 4 members (excludes halogenated alkanes) is 1. The van der Waals surface area contributed by atoms with Crippen LogP contribution in [0.1, 0.15) is 37.4 Å². The Kier molecular flexibility index (Phi) is 10.6. The number of nitrogens with two attached hydrogens (primary N) is 2. The van der Waals surface area contributed by atoms with Gasteiger partial charge in [0.2, 0.25) is 17.7 Å². The van der Waals surface area contributed by atoms with Crippen LogP contribution in [0.15, 0.2) is 43.0 Å². The lowest BCUT2D eigenvalue weighted by Crippen LogP contribution is -2.56. The van der Waals surface area contributed by atoms with E-state index in [1.165, 1.54) is 19.4 Å². The molecule has 0 fully saturated rings. The molecule has 0 aliphatic heterocycles. The number of amides is 3. The van der Waals surface area contributed by atoms with Gasteiger partial charge in [0.05, 0.1) is 12.4 Å². The third-order valence-corrected chi connectivity index (χ3v) is 6.38. The molecule has 0 saturated heterocycles. The van der Waals surface area contributed by atoms with Crippen LogP contribution in [0.5, 0.6) is 0 Å². The number of aromatic amines is 2. The first-order chi connectivity index (χ1) is 18.7. The Morgan fingerprint density at radius 1 is 0.974 bits per heavy atom. The largest absolute Gasteiger partial charge is 0.480 e. The molecule has 0 saturated carbocycles. The molecular weight excluding hydrogens is 504 g/mol. The van der Waals surface area contributed by atoms with E-state index in [2.05, 4.69) is 30.9 Å². The van der Waals surface area contributed by atoms with Crippen LogP contribution in [0.25, 0.3) is 10.9 Å². The first kappa shape index (κ1) is 29.3. The molecule has 0 aliphatic rings. The summed E-state index contributed by atoms with van der Waals surface area (Å²) in [5.74, 6) is -3.00. The quantitative estimate of drug-likeness (QED) is 0.119. The topological polar surface area (TPSA) is 221 Å². The molecule has 39 heavy (non-hydrogen) atoms. The van der Waals surface area contributed by atoms with Gasteiger partial charge >= 0.3 is 5.97 Å². The van der Waals surface area contributed by atoms with Gasteiger partial charge in [-0.25, -0.2) is 9.78 Å². The summed E-state index contributed by atoms with van der Waals surface area (Å²) < 4.78 is 0. The number of fused-ring (bicyclic) bond motifs is 1. The third-order valence-electron chi connectivity index (χ3n) is 6.38. The Morgan fingerprint density at radius 2 is 1.72 bits per heavy atom. The first-order valence-electron chi connectivity index (χ1n) is 12.8. The van der Waals surface area contributed by atoms with E-state index in [0.717, 1.165) is 16.5 Å². The van der Waals surface area contributed by atoms with Crippen LogP contribution in [0.3, 0.4) is 0 Å². The fourth-order valence-electron chi connectivity index (χ4n) is 4.16. The average Bonchev–Trinajstić information content (AvgIpc) is 3.57. The number of rotatable bonds is 15. The van der Waals surface area contributed by atoms with Gasteiger partial charge in [-0.3, -0.25) is 14.4 Å². The van der Waals surface area contributed by atoms with E-state index in [1.807, 2.05) is 24.3 Å². The molecule has 2 heterocycles. The summed E-state index contributed by atoms with van der Waals surface area (Å²) in [6.45, 7) is 1.86.